The van der Waals surface area contributed by atoms with Crippen molar-refractivity contribution in [2.45, 2.75) is 26.2 Å². The number of nitrogens with zero attached hydrogens (tertiary/aromatic N) is 1. The van der Waals surface area contributed by atoms with Crippen LogP contribution in [-0.2, 0) is 11.2 Å². The molecule has 124 valence electrons. The minimum Gasteiger partial charge on any atom is -0.376 e. The molecule has 0 saturated carbocycles. The number of hydrogen-bond acceptors (Lipinski definition) is 3. The summed E-state index contributed by atoms with van der Waals surface area (Å²) in [5.41, 5.74) is 7.82. The van der Waals surface area contributed by atoms with Gasteiger partial charge in [0.05, 0.1) is 12.3 Å². The Hall–Kier alpha value is -2.33. The standard InChI is InChI=1S/C19H20ClN3O/c1-13-16(20)9-5-10-17(13)21-12-19(24)23-22-18-11-4-7-14-6-2-3-8-15(14)18/h2-3,5-6,8-10,21H,4,7,11-12H2,1H3,(H,23,24)/b22-18-. The van der Waals surface area contributed by atoms with Crippen LogP contribution >= 0.6 is 11.6 Å². The molecule has 0 aromatic heterocycles. The zero-order valence-corrected chi connectivity index (χ0v) is 14.4. The summed E-state index contributed by atoms with van der Waals surface area (Å²) in [6, 6.07) is 13.8. The van der Waals surface area contributed by atoms with E-state index in [9.17, 15) is 4.79 Å². The summed E-state index contributed by atoms with van der Waals surface area (Å²) in [6.45, 7) is 2.07. The van der Waals surface area contributed by atoms with E-state index in [4.69, 9.17) is 11.6 Å². The largest absolute Gasteiger partial charge is 0.376 e. The number of carbonyl (C=O) groups excluding carboxylic acids is 1. The van der Waals surface area contributed by atoms with Crippen molar-refractivity contribution in [1.29, 1.82) is 0 Å². The van der Waals surface area contributed by atoms with Crippen molar-refractivity contribution in [1.82, 2.24) is 5.43 Å². The van der Waals surface area contributed by atoms with Crippen LogP contribution in [0, 0.1) is 6.92 Å². The minimum absolute atomic E-state index is 0.152. The fraction of sp³-hybridized carbons (Fsp3) is 0.263. The number of nitrogens with one attached hydrogen (secondary N) is 2. The van der Waals surface area contributed by atoms with Gasteiger partial charge < -0.3 is 5.32 Å². The molecule has 1 aliphatic rings. The van der Waals surface area contributed by atoms with E-state index in [0.717, 1.165) is 41.8 Å². The van der Waals surface area contributed by atoms with Gasteiger partial charge in [-0.25, -0.2) is 5.43 Å². The van der Waals surface area contributed by atoms with E-state index in [1.807, 2.05) is 37.3 Å². The van der Waals surface area contributed by atoms with Crippen molar-refractivity contribution in [2.24, 2.45) is 5.10 Å². The van der Waals surface area contributed by atoms with Crippen molar-refractivity contribution in [3.05, 3.63) is 64.2 Å². The average molecular weight is 342 g/mol. The van der Waals surface area contributed by atoms with Gasteiger partial charge in [0, 0.05) is 16.3 Å². The predicted molar refractivity (Wildman–Crippen MR) is 98.7 cm³/mol. The Morgan fingerprint density at radius 1 is 1.17 bits per heavy atom. The molecule has 2 N–H and O–H groups in total. The summed E-state index contributed by atoms with van der Waals surface area (Å²) < 4.78 is 0. The van der Waals surface area contributed by atoms with Crippen LogP contribution in [-0.4, -0.2) is 18.2 Å². The number of anilines is 1. The van der Waals surface area contributed by atoms with Crippen LogP contribution in [0.25, 0.3) is 0 Å². The Bertz CT molecular complexity index is 786. The fourth-order valence-corrected chi connectivity index (χ4v) is 3.04. The second-order valence-corrected chi connectivity index (χ2v) is 6.28. The number of carbonyl (C=O) groups is 1. The predicted octanol–water partition coefficient (Wildman–Crippen LogP) is 3.92. The highest BCUT2D eigenvalue weighted by molar-refractivity contribution is 6.31. The molecule has 0 atom stereocenters. The quantitative estimate of drug-likeness (QED) is 0.828. The van der Waals surface area contributed by atoms with E-state index in [1.54, 1.807) is 0 Å². The molecule has 4 nitrogen and oxygen atoms in total. The molecule has 1 aliphatic carbocycles. The monoisotopic (exact) mass is 341 g/mol. The first-order valence-electron chi connectivity index (χ1n) is 8.08. The van der Waals surface area contributed by atoms with E-state index < -0.39 is 0 Å². The van der Waals surface area contributed by atoms with E-state index in [-0.39, 0.29) is 12.5 Å². The average Bonchev–Trinajstić information content (AvgIpc) is 2.61. The second-order valence-electron chi connectivity index (χ2n) is 5.87. The van der Waals surface area contributed by atoms with Gasteiger partial charge in [-0.3, -0.25) is 4.79 Å². The highest BCUT2D eigenvalue weighted by atomic mass is 35.5. The van der Waals surface area contributed by atoms with E-state index in [2.05, 4.69) is 28.0 Å². The molecule has 1 amide bonds. The molecule has 0 bridgehead atoms. The number of hydrogen-bond donors (Lipinski definition) is 2. The Kier molecular flexibility index (Phi) is 5.16. The number of fused-ring (bicyclic) bond motifs is 1. The Labute approximate surface area is 146 Å². The number of rotatable bonds is 4. The number of hydrazone groups is 1. The summed E-state index contributed by atoms with van der Waals surface area (Å²) in [4.78, 5) is 12.1. The molecule has 0 unspecified atom stereocenters. The van der Waals surface area contributed by atoms with Gasteiger partial charge in [0.2, 0.25) is 0 Å². The molecule has 0 spiro atoms. The fourth-order valence-electron chi connectivity index (χ4n) is 2.86. The molecule has 0 heterocycles. The van der Waals surface area contributed by atoms with Gasteiger partial charge in [-0.05, 0) is 49.4 Å². The van der Waals surface area contributed by atoms with Crippen molar-refractivity contribution >= 4 is 28.9 Å². The Balaban J connectivity index is 1.61. The van der Waals surface area contributed by atoms with E-state index in [0.29, 0.717) is 5.02 Å². The van der Waals surface area contributed by atoms with Gasteiger partial charge in [-0.1, -0.05) is 41.9 Å². The van der Waals surface area contributed by atoms with Gasteiger partial charge in [-0.2, -0.15) is 5.10 Å². The van der Waals surface area contributed by atoms with Gasteiger partial charge in [0.25, 0.3) is 5.91 Å². The van der Waals surface area contributed by atoms with Crippen LogP contribution in [0.1, 0.15) is 29.5 Å². The Morgan fingerprint density at radius 3 is 2.88 bits per heavy atom. The summed E-state index contributed by atoms with van der Waals surface area (Å²) in [6.07, 6.45) is 3.02. The summed E-state index contributed by atoms with van der Waals surface area (Å²) in [7, 11) is 0. The lowest BCUT2D eigenvalue weighted by molar-refractivity contribution is -0.119. The SMILES string of the molecule is Cc1c(Cl)cccc1NCC(=O)N/N=C1/CCCc2ccccc21. The van der Waals surface area contributed by atoms with Crippen LogP contribution in [0.15, 0.2) is 47.6 Å². The lowest BCUT2D eigenvalue weighted by Gasteiger charge is -2.17. The third-order valence-electron chi connectivity index (χ3n) is 4.21. The van der Waals surface area contributed by atoms with Crippen LogP contribution in [0.4, 0.5) is 5.69 Å². The lowest BCUT2D eigenvalue weighted by Crippen LogP contribution is -2.28. The highest BCUT2D eigenvalue weighted by Gasteiger charge is 2.15. The van der Waals surface area contributed by atoms with Gasteiger partial charge >= 0.3 is 0 Å². The third kappa shape index (κ3) is 3.77. The summed E-state index contributed by atoms with van der Waals surface area (Å²) in [5, 5.41) is 8.10. The maximum absolute atomic E-state index is 12.1. The molecule has 5 heteroatoms. The molecule has 0 aliphatic heterocycles. The van der Waals surface area contributed by atoms with Crippen LogP contribution in [0.5, 0.6) is 0 Å². The van der Waals surface area contributed by atoms with Crippen LogP contribution in [0.2, 0.25) is 5.02 Å². The van der Waals surface area contributed by atoms with E-state index in [1.165, 1.54) is 5.56 Å². The van der Waals surface area contributed by atoms with Crippen LogP contribution in [0.3, 0.4) is 0 Å². The summed E-state index contributed by atoms with van der Waals surface area (Å²) in [5.74, 6) is -0.176. The minimum atomic E-state index is -0.176. The second kappa shape index (κ2) is 7.49. The first-order chi connectivity index (χ1) is 11.6. The topological polar surface area (TPSA) is 53.5 Å². The smallest absolute Gasteiger partial charge is 0.259 e. The van der Waals surface area contributed by atoms with Gasteiger partial charge in [0.15, 0.2) is 0 Å². The summed E-state index contributed by atoms with van der Waals surface area (Å²) >= 11 is 6.08. The van der Waals surface area contributed by atoms with Crippen molar-refractivity contribution in [2.75, 3.05) is 11.9 Å². The maximum atomic E-state index is 12.1. The first kappa shape index (κ1) is 16.5. The number of halogens is 1. The van der Waals surface area contributed by atoms with Gasteiger partial charge in [0.1, 0.15) is 0 Å². The van der Waals surface area contributed by atoms with Gasteiger partial charge in [-0.15, -0.1) is 0 Å². The van der Waals surface area contributed by atoms with Crippen molar-refractivity contribution in [3.63, 3.8) is 0 Å². The maximum Gasteiger partial charge on any atom is 0.259 e. The molecule has 2 aromatic carbocycles. The normalized spacial score (nSPS) is 15.0. The van der Waals surface area contributed by atoms with Crippen molar-refractivity contribution < 1.29 is 4.79 Å². The zero-order chi connectivity index (χ0) is 16.9. The number of benzene rings is 2. The molecular formula is C19H20ClN3O. The third-order valence-corrected chi connectivity index (χ3v) is 4.62. The molecule has 2 aromatic rings. The molecule has 0 saturated heterocycles. The molecule has 0 radical (unpaired) electrons. The van der Waals surface area contributed by atoms with E-state index >= 15 is 0 Å². The van der Waals surface area contributed by atoms with Crippen molar-refractivity contribution in [3.8, 4) is 0 Å². The van der Waals surface area contributed by atoms with Crippen LogP contribution < -0.4 is 10.7 Å². The molecule has 3 rings (SSSR count). The number of aryl methyl sites for hydroxylation is 1. The highest BCUT2D eigenvalue weighted by Crippen LogP contribution is 2.23. The molecule has 0 fully saturated rings. The molecular weight excluding hydrogens is 322 g/mol. The lowest BCUT2D eigenvalue weighted by atomic mass is 9.90. The zero-order valence-electron chi connectivity index (χ0n) is 13.6. The number of amides is 1. The molecule has 24 heavy (non-hydrogen) atoms. The Morgan fingerprint density at radius 2 is 2.00 bits per heavy atom. The first-order valence-corrected chi connectivity index (χ1v) is 8.45.